The molecule has 8 heteroatoms. The second kappa shape index (κ2) is 14.4. The number of esters is 1. The molecule has 0 saturated carbocycles. The first-order valence-electron chi connectivity index (χ1n) is 15.5. The number of nitrogens with one attached hydrogen (secondary N) is 1. The number of nitrogens with zero attached hydrogens (tertiary/aromatic N) is 1. The van der Waals surface area contributed by atoms with E-state index >= 15 is 0 Å². The number of aliphatic imine (C=N–C) groups is 1. The van der Waals surface area contributed by atoms with Crippen LogP contribution < -0.4 is 10.1 Å². The summed E-state index contributed by atoms with van der Waals surface area (Å²) >= 11 is 0. The Hall–Kier alpha value is -4.95. The van der Waals surface area contributed by atoms with E-state index in [0.717, 1.165) is 16.7 Å². The van der Waals surface area contributed by atoms with Crippen LogP contribution >= 0.6 is 0 Å². The fraction of sp³-hybridized carbons (Fsp3) is 0.289. The highest BCUT2D eigenvalue weighted by molar-refractivity contribution is 6.05. The summed E-state index contributed by atoms with van der Waals surface area (Å²) < 4.78 is 17.9. The van der Waals surface area contributed by atoms with Gasteiger partial charge in [0.05, 0.1) is 6.61 Å². The van der Waals surface area contributed by atoms with Crippen molar-refractivity contribution in [3.05, 3.63) is 120 Å². The smallest absolute Gasteiger partial charge is 0.306 e. The van der Waals surface area contributed by atoms with E-state index in [1.165, 1.54) is 0 Å². The number of aliphatic hydroxyl groups is 1. The van der Waals surface area contributed by atoms with Crippen LogP contribution in [-0.4, -0.2) is 47.2 Å². The molecule has 4 aromatic carbocycles. The van der Waals surface area contributed by atoms with E-state index in [4.69, 9.17) is 24.3 Å². The molecule has 0 bridgehead atoms. The van der Waals surface area contributed by atoms with Crippen molar-refractivity contribution in [1.29, 1.82) is 0 Å². The Morgan fingerprint density at radius 2 is 1.46 bits per heavy atom. The first-order valence-corrected chi connectivity index (χ1v) is 15.5. The third-order valence-electron chi connectivity index (χ3n) is 7.51. The lowest BCUT2D eigenvalue weighted by Crippen LogP contribution is -2.45. The second-order valence-corrected chi connectivity index (χ2v) is 12.2. The highest BCUT2D eigenvalue weighted by Crippen LogP contribution is 2.44. The predicted molar refractivity (Wildman–Crippen MR) is 179 cm³/mol. The number of anilines is 1. The SMILES string of the molecule is CC(C)(C)OC(=O)CC[C@@]1(C(=O)Nc2ccccc2)N=C(c2ccc(OCCCO)cc2)O[C@@H]1c1ccc(-c2ccccc2)cc1. The van der Waals surface area contributed by atoms with Gasteiger partial charge >= 0.3 is 5.97 Å². The molecule has 0 spiro atoms. The number of ether oxygens (including phenoxy) is 3. The second-order valence-electron chi connectivity index (χ2n) is 12.2. The van der Waals surface area contributed by atoms with Gasteiger partial charge in [-0.3, -0.25) is 9.59 Å². The van der Waals surface area contributed by atoms with Crippen molar-refractivity contribution in [1.82, 2.24) is 0 Å². The third kappa shape index (κ3) is 8.00. The summed E-state index contributed by atoms with van der Waals surface area (Å²) in [4.78, 5) is 32.4. The summed E-state index contributed by atoms with van der Waals surface area (Å²) in [6, 6.07) is 34.3. The van der Waals surface area contributed by atoms with E-state index in [2.05, 4.69) is 5.32 Å². The zero-order valence-electron chi connectivity index (χ0n) is 26.4. The number of aliphatic hydroxyl groups excluding tert-OH is 1. The average molecular weight is 621 g/mol. The van der Waals surface area contributed by atoms with Crippen LogP contribution in [0.4, 0.5) is 5.69 Å². The van der Waals surface area contributed by atoms with Gasteiger partial charge in [0, 0.05) is 30.7 Å². The lowest BCUT2D eigenvalue weighted by atomic mass is 9.83. The molecule has 5 rings (SSSR count). The Kier molecular flexibility index (Phi) is 10.2. The predicted octanol–water partition coefficient (Wildman–Crippen LogP) is 7.13. The van der Waals surface area contributed by atoms with Crippen molar-refractivity contribution in [2.75, 3.05) is 18.5 Å². The van der Waals surface area contributed by atoms with Crippen molar-refractivity contribution in [3.8, 4) is 16.9 Å². The lowest BCUT2D eigenvalue weighted by molar-refractivity contribution is -0.155. The highest BCUT2D eigenvalue weighted by atomic mass is 16.6. The fourth-order valence-corrected chi connectivity index (χ4v) is 5.30. The van der Waals surface area contributed by atoms with Crippen LogP contribution in [0.3, 0.4) is 0 Å². The molecule has 0 saturated heterocycles. The average Bonchev–Trinajstić information content (AvgIpc) is 3.45. The fourth-order valence-electron chi connectivity index (χ4n) is 5.30. The van der Waals surface area contributed by atoms with Crippen molar-refractivity contribution in [3.63, 3.8) is 0 Å². The molecular formula is C38H40N2O6. The molecule has 4 aromatic rings. The molecule has 238 valence electrons. The highest BCUT2D eigenvalue weighted by Gasteiger charge is 2.53. The maximum atomic E-state index is 14.4. The molecule has 1 amide bonds. The van der Waals surface area contributed by atoms with E-state index < -0.39 is 29.1 Å². The van der Waals surface area contributed by atoms with Gasteiger partial charge in [-0.1, -0.05) is 72.8 Å². The van der Waals surface area contributed by atoms with Crippen molar-refractivity contribution >= 4 is 23.5 Å². The van der Waals surface area contributed by atoms with Crippen LogP contribution in [-0.2, 0) is 19.1 Å². The number of rotatable bonds is 12. The van der Waals surface area contributed by atoms with E-state index in [-0.39, 0.29) is 25.3 Å². The van der Waals surface area contributed by atoms with E-state index in [1.54, 1.807) is 24.3 Å². The third-order valence-corrected chi connectivity index (χ3v) is 7.51. The van der Waals surface area contributed by atoms with Gasteiger partial charge in [-0.25, -0.2) is 4.99 Å². The number of carbonyl (C=O) groups is 2. The normalized spacial score (nSPS) is 17.5. The van der Waals surface area contributed by atoms with Gasteiger partial charge < -0.3 is 24.6 Å². The van der Waals surface area contributed by atoms with Crippen LogP contribution in [0.5, 0.6) is 5.75 Å². The first kappa shape index (κ1) is 32.4. The maximum absolute atomic E-state index is 14.4. The molecule has 0 fully saturated rings. The molecule has 0 radical (unpaired) electrons. The van der Waals surface area contributed by atoms with Gasteiger partial charge in [-0.15, -0.1) is 0 Å². The summed E-state index contributed by atoms with van der Waals surface area (Å²) in [5, 5.41) is 12.1. The Balaban J connectivity index is 1.54. The van der Waals surface area contributed by atoms with E-state index in [9.17, 15) is 9.59 Å². The summed E-state index contributed by atoms with van der Waals surface area (Å²) in [7, 11) is 0. The van der Waals surface area contributed by atoms with Crippen LogP contribution in [0.1, 0.15) is 57.3 Å². The van der Waals surface area contributed by atoms with Crippen LogP contribution in [0.2, 0.25) is 0 Å². The Morgan fingerprint density at radius 3 is 2.09 bits per heavy atom. The summed E-state index contributed by atoms with van der Waals surface area (Å²) in [5.74, 6) is 0.109. The van der Waals surface area contributed by atoms with Gasteiger partial charge in [-0.2, -0.15) is 0 Å². The quantitative estimate of drug-likeness (QED) is 0.129. The molecule has 0 unspecified atom stereocenters. The van der Waals surface area contributed by atoms with Crippen molar-refractivity contribution in [2.45, 2.75) is 57.3 Å². The topological polar surface area (TPSA) is 106 Å². The monoisotopic (exact) mass is 620 g/mol. The molecule has 8 nitrogen and oxygen atoms in total. The number of benzene rings is 4. The van der Waals surface area contributed by atoms with Crippen LogP contribution in [0, 0.1) is 0 Å². The Labute approximate surface area is 270 Å². The molecule has 2 atom stereocenters. The number of hydrogen-bond acceptors (Lipinski definition) is 7. The van der Waals surface area contributed by atoms with E-state index in [0.29, 0.717) is 30.0 Å². The molecule has 1 aliphatic rings. The van der Waals surface area contributed by atoms with Crippen LogP contribution in [0.15, 0.2) is 114 Å². The lowest BCUT2D eigenvalue weighted by Gasteiger charge is -2.31. The Bertz CT molecular complexity index is 1630. The number of hydrogen-bond donors (Lipinski definition) is 2. The van der Waals surface area contributed by atoms with Gasteiger partial charge in [-0.05, 0) is 80.3 Å². The number of para-hydroxylation sites is 1. The maximum Gasteiger partial charge on any atom is 0.306 e. The largest absolute Gasteiger partial charge is 0.494 e. The number of amides is 1. The van der Waals surface area contributed by atoms with Gasteiger partial charge in [0.1, 0.15) is 11.4 Å². The van der Waals surface area contributed by atoms with Gasteiger partial charge in [0.2, 0.25) is 5.90 Å². The Morgan fingerprint density at radius 1 is 0.848 bits per heavy atom. The summed E-state index contributed by atoms with van der Waals surface area (Å²) in [6.07, 6.45) is -0.300. The summed E-state index contributed by atoms with van der Waals surface area (Å²) in [6.45, 7) is 5.87. The molecule has 2 N–H and O–H groups in total. The van der Waals surface area contributed by atoms with Gasteiger partial charge in [0.25, 0.3) is 5.91 Å². The standard InChI is InChI=1S/C38H40N2O6/c1-37(2,3)46-33(42)23-24-38(36(43)39-31-13-8-5-9-14-31)34(29-17-15-28(16-18-29)27-11-6-4-7-12-27)45-35(40-38)30-19-21-32(22-20-30)44-26-10-25-41/h4-9,11-22,34,41H,10,23-26H2,1-3H3,(H,39,43)/t34-,38-/m1/s1. The minimum absolute atomic E-state index is 0.0458. The minimum atomic E-state index is -1.49. The molecule has 1 aliphatic heterocycles. The number of carbonyl (C=O) groups excluding carboxylic acids is 2. The van der Waals surface area contributed by atoms with Crippen LogP contribution in [0.25, 0.3) is 11.1 Å². The van der Waals surface area contributed by atoms with E-state index in [1.807, 2.05) is 106 Å². The molecular weight excluding hydrogens is 580 g/mol. The minimum Gasteiger partial charge on any atom is -0.494 e. The van der Waals surface area contributed by atoms with Crippen molar-refractivity contribution in [2.24, 2.45) is 4.99 Å². The molecule has 46 heavy (non-hydrogen) atoms. The first-order chi connectivity index (χ1) is 22.2. The molecule has 1 heterocycles. The molecule has 0 aliphatic carbocycles. The van der Waals surface area contributed by atoms with Gasteiger partial charge in [0.15, 0.2) is 11.6 Å². The summed E-state index contributed by atoms with van der Waals surface area (Å²) in [5.41, 5.74) is 1.93. The zero-order valence-corrected chi connectivity index (χ0v) is 26.4. The zero-order chi connectivity index (χ0) is 32.6. The molecule has 0 aromatic heterocycles. The van der Waals surface area contributed by atoms with Crippen molar-refractivity contribution < 1.29 is 28.9 Å².